The van der Waals surface area contributed by atoms with Gasteiger partial charge in [-0.1, -0.05) is 30.3 Å². The number of allylic oxidation sites excluding steroid dienone is 1. The summed E-state index contributed by atoms with van der Waals surface area (Å²) in [7, 11) is 0. The number of nitrogens with one attached hydrogen (secondary N) is 1. The van der Waals surface area contributed by atoms with Crippen molar-refractivity contribution in [2.24, 2.45) is 0 Å². The number of carboxylic acid groups (broad SMARTS) is 1. The van der Waals surface area contributed by atoms with Gasteiger partial charge in [-0.25, -0.2) is 4.79 Å². The molecule has 0 bridgehead atoms. The van der Waals surface area contributed by atoms with E-state index in [9.17, 15) is 29.4 Å². The van der Waals surface area contributed by atoms with Crippen LogP contribution < -0.4 is 10.2 Å². The molecule has 3 aliphatic heterocycles. The van der Waals surface area contributed by atoms with Gasteiger partial charge >= 0.3 is 5.97 Å². The van der Waals surface area contributed by atoms with Crippen molar-refractivity contribution in [2.75, 3.05) is 23.0 Å². The Kier molecular flexibility index (Phi) is 7.22. The number of phenols is 1. The molecule has 0 saturated carbocycles. The Morgan fingerprint density at radius 3 is 2.56 bits per heavy atom. The number of carbonyl (C=O) groups is 4. The number of phenolic OH excluding ortho intramolecular Hbond substituents is 1. The maximum absolute atomic E-state index is 13.1. The van der Waals surface area contributed by atoms with Gasteiger partial charge in [0.05, 0.1) is 5.75 Å². The average molecular weight is 588 g/mol. The minimum Gasteiger partial charge on any atom is -0.508 e. The molecule has 0 spiro atoms. The Morgan fingerprint density at radius 1 is 1.05 bits per heavy atom. The fourth-order valence-electron chi connectivity index (χ4n) is 5.21. The number of rotatable bonds is 7. The molecule has 3 amide bonds. The van der Waals surface area contributed by atoms with E-state index in [1.165, 1.54) is 40.6 Å². The van der Waals surface area contributed by atoms with Crippen LogP contribution in [0.1, 0.15) is 6.42 Å². The first-order chi connectivity index (χ1) is 19.8. The first kappa shape index (κ1) is 27.0. The van der Waals surface area contributed by atoms with Crippen LogP contribution in [-0.4, -0.2) is 68.3 Å². The van der Waals surface area contributed by atoms with E-state index in [1.54, 1.807) is 23.1 Å². The van der Waals surface area contributed by atoms with Crippen LogP contribution >= 0.6 is 23.5 Å². The monoisotopic (exact) mass is 587 g/mol. The number of carbonyl (C=O) groups excluding carboxylic acids is 3. The van der Waals surface area contributed by atoms with Gasteiger partial charge in [0.25, 0.3) is 11.8 Å². The molecule has 3 aromatic carbocycles. The van der Waals surface area contributed by atoms with Crippen molar-refractivity contribution in [1.82, 2.24) is 10.2 Å². The molecule has 0 radical (unpaired) electrons. The van der Waals surface area contributed by atoms with Gasteiger partial charge < -0.3 is 20.4 Å². The molecular weight excluding hydrogens is 562 g/mol. The zero-order valence-corrected chi connectivity index (χ0v) is 23.3. The lowest BCUT2D eigenvalue weighted by Crippen LogP contribution is -2.70. The highest BCUT2D eigenvalue weighted by Crippen LogP contribution is 2.41. The molecule has 2 saturated heterocycles. The van der Waals surface area contributed by atoms with Crippen LogP contribution in [0.15, 0.2) is 94.5 Å². The van der Waals surface area contributed by atoms with Crippen molar-refractivity contribution in [1.29, 1.82) is 0 Å². The summed E-state index contributed by atoms with van der Waals surface area (Å²) in [5.41, 5.74) is 1.32. The molecule has 6 rings (SSSR count). The second-order valence-electron chi connectivity index (χ2n) is 9.82. The molecule has 9 nitrogen and oxygen atoms in total. The third kappa shape index (κ3) is 5.18. The van der Waals surface area contributed by atoms with E-state index < -0.39 is 23.3 Å². The van der Waals surface area contributed by atoms with Crippen LogP contribution in [0.25, 0.3) is 10.8 Å². The Balaban J connectivity index is 1.12. The Hall–Kier alpha value is -4.22. The highest BCUT2D eigenvalue weighted by molar-refractivity contribution is 8.00. The van der Waals surface area contributed by atoms with Crippen LogP contribution in [0.5, 0.6) is 5.75 Å². The fraction of sp³-hybridized carbons (Fsp3) is 0.200. The normalized spacial score (nSPS) is 21.3. The van der Waals surface area contributed by atoms with Gasteiger partial charge in [0.15, 0.2) is 0 Å². The van der Waals surface area contributed by atoms with E-state index in [0.29, 0.717) is 29.8 Å². The minimum absolute atomic E-state index is 0.0959. The van der Waals surface area contributed by atoms with Crippen molar-refractivity contribution in [2.45, 2.75) is 22.7 Å². The zero-order chi connectivity index (χ0) is 28.7. The average Bonchev–Trinajstić information content (AvgIpc) is 3.34. The third-order valence-electron chi connectivity index (χ3n) is 7.24. The maximum atomic E-state index is 13.1. The number of amides is 3. The lowest BCUT2D eigenvalue weighted by atomic mass is 10.0. The summed E-state index contributed by atoms with van der Waals surface area (Å²) in [6.07, 6.45) is 2.00. The SMILES string of the molecule is O=C(CSc1ccc2ccccc2c1)N[C@@H]1C(=O)N2C(C(=O)O)=C(C=C3CCN(c4ccc(O)cc4)C3=O)CS[C@H]12. The summed E-state index contributed by atoms with van der Waals surface area (Å²) in [4.78, 5) is 54.8. The van der Waals surface area contributed by atoms with E-state index in [-0.39, 0.29) is 34.8 Å². The third-order valence-corrected chi connectivity index (χ3v) is 9.54. The summed E-state index contributed by atoms with van der Waals surface area (Å²) < 4.78 is 0. The van der Waals surface area contributed by atoms with E-state index in [4.69, 9.17) is 0 Å². The fourth-order valence-corrected chi connectivity index (χ4v) is 7.27. The number of hydrogen-bond donors (Lipinski definition) is 3. The number of nitrogens with zero attached hydrogens (tertiary/aromatic N) is 2. The highest BCUT2D eigenvalue weighted by atomic mass is 32.2. The van der Waals surface area contributed by atoms with E-state index in [2.05, 4.69) is 5.32 Å². The van der Waals surface area contributed by atoms with Gasteiger partial charge in [-0.15, -0.1) is 23.5 Å². The first-order valence-corrected chi connectivity index (χ1v) is 15.0. The van der Waals surface area contributed by atoms with Gasteiger partial charge in [-0.3, -0.25) is 19.3 Å². The second kappa shape index (κ2) is 11.0. The van der Waals surface area contributed by atoms with E-state index in [1.807, 2.05) is 42.5 Å². The maximum Gasteiger partial charge on any atom is 0.352 e. The van der Waals surface area contributed by atoms with Crippen LogP contribution in [0.4, 0.5) is 5.69 Å². The van der Waals surface area contributed by atoms with Gasteiger partial charge in [-0.2, -0.15) is 0 Å². The molecular formula is C30H25N3O6S2. The molecule has 2 atom stereocenters. The second-order valence-corrected chi connectivity index (χ2v) is 12.0. The summed E-state index contributed by atoms with van der Waals surface area (Å²) in [6, 6.07) is 19.4. The first-order valence-electron chi connectivity index (χ1n) is 12.9. The van der Waals surface area contributed by atoms with Crippen LogP contribution in [-0.2, 0) is 19.2 Å². The molecule has 3 aromatic rings. The molecule has 41 heavy (non-hydrogen) atoms. The van der Waals surface area contributed by atoms with E-state index in [0.717, 1.165) is 15.7 Å². The van der Waals surface area contributed by atoms with Crippen molar-refractivity contribution < 1.29 is 29.4 Å². The Labute approximate surface area is 243 Å². The number of thioether (sulfide) groups is 2. The zero-order valence-electron chi connectivity index (χ0n) is 21.6. The lowest BCUT2D eigenvalue weighted by Gasteiger charge is -2.49. The predicted octanol–water partition coefficient (Wildman–Crippen LogP) is 3.74. The number of aliphatic carboxylic acids is 1. The molecule has 208 valence electrons. The van der Waals surface area contributed by atoms with Gasteiger partial charge in [0.1, 0.15) is 22.9 Å². The van der Waals surface area contributed by atoms with Crippen LogP contribution in [0.2, 0.25) is 0 Å². The van der Waals surface area contributed by atoms with Crippen molar-refractivity contribution >= 4 is 63.7 Å². The van der Waals surface area contributed by atoms with Gasteiger partial charge in [-0.05, 0) is 65.2 Å². The quantitative estimate of drug-likeness (QED) is 0.217. The lowest BCUT2D eigenvalue weighted by molar-refractivity contribution is -0.150. The summed E-state index contributed by atoms with van der Waals surface area (Å²) in [5, 5.41) is 24.0. The van der Waals surface area contributed by atoms with Crippen molar-refractivity contribution in [3.05, 3.63) is 89.6 Å². The molecule has 0 aromatic heterocycles. The highest BCUT2D eigenvalue weighted by Gasteiger charge is 2.54. The molecule has 3 N–H and O–H groups in total. The minimum atomic E-state index is -1.26. The van der Waals surface area contributed by atoms with Crippen molar-refractivity contribution in [3.8, 4) is 5.75 Å². The summed E-state index contributed by atoms with van der Waals surface area (Å²) in [5.74, 6) is -1.79. The molecule has 0 aliphatic carbocycles. The standard InChI is InChI=1S/C30H25N3O6S2/c34-22-8-6-21(7-9-22)32-12-11-19(27(32)36)13-20-15-41-29-25(28(37)33(29)26(20)30(38)39)31-24(35)16-40-23-10-5-17-3-1-2-4-18(17)14-23/h1-10,13-14,25,29,34H,11-12,15-16H2,(H,31,35)(H,38,39)/t25-,29-/m1/s1. The van der Waals surface area contributed by atoms with E-state index >= 15 is 0 Å². The van der Waals surface area contributed by atoms with Gasteiger partial charge in [0.2, 0.25) is 5.91 Å². The predicted molar refractivity (Wildman–Crippen MR) is 158 cm³/mol. The Bertz CT molecular complexity index is 1650. The number of β-lactam (4-membered cyclic amide) rings is 1. The number of anilines is 1. The number of hydrogen-bond acceptors (Lipinski definition) is 7. The number of aromatic hydroxyl groups is 1. The van der Waals surface area contributed by atoms with Crippen LogP contribution in [0.3, 0.4) is 0 Å². The van der Waals surface area contributed by atoms with Crippen LogP contribution in [0, 0.1) is 0 Å². The summed E-state index contributed by atoms with van der Waals surface area (Å²) in [6.45, 7) is 0.425. The molecule has 0 unspecified atom stereocenters. The summed E-state index contributed by atoms with van der Waals surface area (Å²) >= 11 is 2.73. The van der Waals surface area contributed by atoms with Gasteiger partial charge in [0, 0.05) is 28.5 Å². The number of benzene rings is 3. The van der Waals surface area contributed by atoms with Crippen molar-refractivity contribution in [3.63, 3.8) is 0 Å². The molecule has 11 heteroatoms. The smallest absolute Gasteiger partial charge is 0.352 e. The molecule has 3 heterocycles. The number of carboxylic acids is 1. The largest absolute Gasteiger partial charge is 0.508 e. The molecule has 3 aliphatic rings. The molecule has 2 fully saturated rings. The number of fused-ring (bicyclic) bond motifs is 2. The Morgan fingerprint density at radius 2 is 1.80 bits per heavy atom. The topological polar surface area (TPSA) is 127 Å².